The molecule has 4 heteroatoms. The van der Waals surface area contributed by atoms with E-state index in [0.717, 1.165) is 21.2 Å². The second kappa shape index (κ2) is 4.87. The number of aryl methyl sites for hydroxylation is 1. The monoisotopic (exact) mass is 306 g/mol. The summed E-state index contributed by atoms with van der Waals surface area (Å²) in [5.74, 6) is 0. The fourth-order valence-corrected chi connectivity index (χ4v) is 2.12. The topological polar surface area (TPSA) is 36.7 Å². The standard InChI is InChI=1S/C13H8BrClN2/c1-8-7-17-13(15)11(6-16)12(8)9-2-4-10(14)5-3-9/h2-5,7H,1H3. The highest BCUT2D eigenvalue weighted by molar-refractivity contribution is 9.10. The summed E-state index contributed by atoms with van der Waals surface area (Å²) in [6, 6.07) is 9.88. The van der Waals surface area contributed by atoms with Gasteiger partial charge in [0.05, 0.1) is 5.56 Å². The Morgan fingerprint density at radius 1 is 1.29 bits per heavy atom. The highest BCUT2D eigenvalue weighted by atomic mass is 79.9. The van der Waals surface area contributed by atoms with Crippen molar-refractivity contribution < 1.29 is 0 Å². The van der Waals surface area contributed by atoms with Crippen molar-refractivity contribution in [1.82, 2.24) is 4.98 Å². The molecule has 17 heavy (non-hydrogen) atoms. The number of hydrogen-bond donors (Lipinski definition) is 0. The van der Waals surface area contributed by atoms with Crippen LogP contribution in [0.25, 0.3) is 11.1 Å². The summed E-state index contributed by atoms with van der Waals surface area (Å²) in [6.07, 6.45) is 1.68. The Bertz CT molecular complexity index is 600. The number of nitrogens with zero attached hydrogens (tertiary/aromatic N) is 2. The van der Waals surface area contributed by atoms with E-state index in [1.807, 2.05) is 31.2 Å². The fourth-order valence-electron chi connectivity index (χ4n) is 1.67. The van der Waals surface area contributed by atoms with Gasteiger partial charge in [-0.25, -0.2) is 4.98 Å². The van der Waals surface area contributed by atoms with E-state index in [-0.39, 0.29) is 5.15 Å². The lowest BCUT2D eigenvalue weighted by molar-refractivity contribution is 1.25. The van der Waals surface area contributed by atoms with Gasteiger partial charge in [0.2, 0.25) is 0 Å². The van der Waals surface area contributed by atoms with Crippen LogP contribution in [0.15, 0.2) is 34.9 Å². The minimum atomic E-state index is 0.246. The van der Waals surface area contributed by atoms with Crippen LogP contribution in [0, 0.1) is 18.3 Å². The Morgan fingerprint density at radius 3 is 2.53 bits per heavy atom. The SMILES string of the molecule is Cc1cnc(Cl)c(C#N)c1-c1ccc(Br)cc1. The molecule has 1 aromatic carbocycles. The van der Waals surface area contributed by atoms with Crippen molar-refractivity contribution in [3.05, 3.63) is 51.2 Å². The van der Waals surface area contributed by atoms with Gasteiger partial charge in [0.25, 0.3) is 0 Å². The molecule has 2 aromatic rings. The number of hydrogen-bond acceptors (Lipinski definition) is 2. The first kappa shape index (κ1) is 12.1. The van der Waals surface area contributed by atoms with Crippen molar-refractivity contribution in [3.8, 4) is 17.2 Å². The van der Waals surface area contributed by atoms with Crippen molar-refractivity contribution in [2.75, 3.05) is 0 Å². The van der Waals surface area contributed by atoms with Gasteiger partial charge < -0.3 is 0 Å². The molecule has 0 N–H and O–H groups in total. The molecule has 0 fully saturated rings. The molecule has 0 aliphatic rings. The van der Waals surface area contributed by atoms with E-state index < -0.39 is 0 Å². The van der Waals surface area contributed by atoms with E-state index in [4.69, 9.17) is 16.9 Å². The maximum atomic E-state index is 9.16. The van der Waals surface area contributed by atoms with Crippen molar-refractivity contribution >= 4 is 27.5 Å². The molecular weight excluding hydrogens is 300 g/mol. The lowest BCUT2D eigenvalue weighted by atomic mass is 9.98. The number of rotatable bonds is 1. The van der Waals surface area contributed by atoms with Gasteiger partial charge in [0.1, 0.15) is 11.2 Å². The van der Waals surface area contributed by atoms with Crippen molar-refractivity contribution in [3.63, 3.8) is 0 Å². The summed E-state index contributed by atoms with van der Waals surface area (Å²) in [5.41, 5.74) is 3.17. The minimum absolute atomic E-state index is 0.246. The second-order valence-corrected chi connectivity index (χ2v) is 4.87. The van der Waals surface area contributed by atoms with Gasteiger partial charge >= 0.3 is 0 Å². The fraction of sp³-hybridized carbons (Fsp3) is 0.0769. The van der Waals surface area contributed by atoms with Crippen molar-refractivity contribution in [2.45, 2.75) is 6.92 Å². The summed E-state index contributed by atoms with van der Waals surface area (Å²) in [6.45, 7) is 1.92. The first-order chi connectivity index (χ1) is 8.13. The molecule has 0 spiro atoms. The molecule has 0 bridgehead atoms. The predicted octanol–water partition coefficient (Wildman–Crippen LogP) is 4.34. The molecule has 2 rings (SSSR count). The molecule has 0 radical (unpaired) electrons. The molecule has 1 heterocycles. The molecule has 0 saturated carbocycles. The summed E-state index contributed by atoms with van der Waals surface area (Å²) in [4.78, 5) is 3.99. The highest BCUT2D eigenvalue weighted by Crippen LogP contribution is 2.31. The number of nitriles is 1. The van der Waals surface area contributed by atoms with Gasteiger partial charge in [-0.05, 0) is 30.2 Å². The third-order valence-corrected chi connectivity index (χ3v) is 3.28. The van der Waals surface area contributed by atoms with E-state index in [1.54, 1.807) is 6.20 Å². The van der Waals surface area contributed by atoms with Crippen LogP contribution in [0.4, 0.5) is 0 Å². The molecule has 0 atom stereocenters. The first-order valence-corrected chi connectivity index (χ1v) is 6.11. The normalized spacial score (nSPS) is 10.0. The molecule has 0 aliphatic carbocycles. The van der Waals surface area contributed by atoms with Gasteiger partial charge in [0, 0.05) is 16.2 Å². The van der Waals surface area contributed by atoms with Crippen LogP contribution < -0.4 is 0 Å². The zero-order chi connectivity index (χ0) is 12.4. The van der Waals surface area contributed by atoms with Crippen LogP contribution in [0.1, 0.15) is 11.1 Å². The van der Waals surface area contributed by atoms with Crippen LogP contribution in [-0.4, -0.2) is 4.98 Å². The van der Waals surface area contributed by atoms with Crippen LogP contribution >= 0.6 is 27.5 Å². The largest absolute Gasteiger partial charge is 0.243 e. The van der Waals surface area contributed by atoms with E-state index in [0.29, 0.717) is 5.56 Å². The lowest BCUT2D eigenvalue weighted by Crippen LogP contribution is -1.92. The van der Waals surface area contributed by atoms with Gasteiger partial charge in [-0.1, -0.05) is 39.7 Å². The maximum absolute atomic E-state index is 9.16. The Labute approximate surface area is 113 Å². The number of halogens is 2. The molecule has 1 aromatic heterocycles. The summed E-state index contributed by atoms with van der Waals surface area (Å²) >= 11 is 9.32. The van der Waals surface area contributed by atoms with E-state index >= 15 is 0 Å². The summed E-state index contributed by atoms with van der Waals surface area (Å²) in [5, 5.41) is 9.40. The summed E-state index contributed by atoms with van der Waals surface area (Å²) < 4.78 is 0.998. The van der Waals surface area contributed by atoms with Crippen LogP contribution in [0.5, 0.6) is 0 Å². The first-order valence-electron chi connectivity index (χ1n) is 4.94. The zero-order valence-corrected chi connectivity index (χ0v) is 11.4. The highest BCUT2D eigenvalue weighted by Gasteiger charge is 2.12. The van der Waals surface area contributed by atoms with Gasteiger partial charge in [-0.2, -0.15) is 5.26 Å². The Morgan fingerprint density at radius 2 is 1.94 bits per heavy atom. The third kappa shape index (κ3) is 2.33. The van der Waals surface area contributed by atoms with Gasteiger partial charge in [-0.15, -0.1) is 0 Å². The van der Waals surface area contributed by atoms with E-state index in [2.05, 4.69) is 27.0 Å². The molecule has 0 amide bonds. The number of pyridine rings is 1. The predicted molar refractivity (Wildman–Crippen MR) is 71.8 cm³/mol. The van der Waals surface area contributed by atoms with E-state index in [1.165, 1.54) is 0 Å². The third-order valence-electron chi connectivity index (χ3n) is 2.47. The minimum Gasteiger partial charge on any atom is -0.243 e. The average molecular weight is 308 g/mol. The molecule has 84 valence electrons. The zero-order valence-electron chi connectivity index (χ0n) is 9.04. The van der Waals surface area contributed by atoms with Crippen LogP contribution in [0.3, 0.4) is 0 Å². The second-order valence-electron chi connectivity index (χ2n) is 3.60. The van der Waals surface area contributed by atoms with Crippen LogP contribution in [0.2, 0.25) is 5.15 Å². The van der Waals surface area contributed by atoms with Crippen LogP contribution in [-0.2, 0) is 0 Å². The lowest BCUT2D eigenvalue weighted by Gasteiger charge is -2.09. The summed E-state index contributed by atoms with van der Waals surface area (Å²) in [7, 11) is 0. The quantitative estimate of drug-likeness (QED) is 0.735. The van der Waals surface area contributed by atoms with Crippen molar-refractivity contribution in [1.29, 1.82) is 5.26 Å². The van der Waals surface area contributed by atoms with Crippen molar-refractivity contribution in [2.24, 2.45) is 0 Å². The number of benzene rings is 1. The Hall–Kier alpha value is -1.37. The molecule has 0 unspecified atom stereocenters. The average Bonchev–Trinajstić information content (AvgIpc) is 2.33. The van der Waals surface area contributed by atoms with Gasteiger partial charge in [0.15, 0.2) is 0 Å². The molecule has 0 saturated heterocycles. The molecule has 2 nitrogen and oxygen atoms in total. The smallest absolute Gasteiger partial charge is 0.147 e. The number of aromatic nitrogens is 1. The molecule has 0 aliphatic heterocycles. The van der Waals surface area contributed by atoms with Gasteiger partial charge in [-0.3, -0.25) is 0 Å². The van der Waals surface area contributed by atoms with E-state index in [9.17, 15) is 0 Å². The molecular formula is C13H8BrClN2. The Kier molecular flexibility index (Phi) is 3.46. The Balaban J connectivity index is 2.71. The maximum Gasteiger partial charge on any atom is 0.147 e.